The van der Waals surface area contributed by atoms with Crippen LogP contribution in [-0.2, 0) is 0 Å². The van der Waals surface area contributed by atoms with Gasteiger partial charge in [-0.3, -0.25) is 14.9 Å². The monoisotopic (exact) mass is 309 g/mol. The van der Waals surface area contributed by atoms with Crippen molar-refractivity contribution in [1.82, 2.24) is 5.43 Å². The standard InChI is InChI=1S/C12H8ClN3O3S/c13-11-6-5-10(20-11)7-14-15-12(17)8-1-3-9(4-2-8)16(18)19/h1-7H,(H,15,17). The van der Waals surface area contributed by atoms with Gasteiger partial charge in [-0.25, -0.2) is 5.43 Å². The number of amides is 1. The Morgan fingerprint density at radius 3 is 2.55 bits per heavy atom. The van der Waals surface area contributed by atoms with Gasteiger partial charge in [0.05, 0.1) is 15.5 Å². The van der Waals surface area contributed by atoms with E-state index in [-0.39, 0.29) is 11.3 Å². The van der Waals surface area contributed by atoms with Crippen molar-refractivity contribution in [2.24, 2.45) is 5.10 Å². The van der Waals surface area contributed by atoms with Crippen molar-refractivity contribution in [3.05, 3.63) is 61.3 Å². The van der Waals surface area contributed by atoms with Crippen LogP contribution in [0.3, 0.4) is 0 Å². The third-order valence-corrected chi connectivity index (χ3v) is 3.46. The van der Waals surface area contributed by atoms with E-state index in [4.69, 9.17) is 11.6 Å². The molecular formula is C12H8ClN3O3S. The highest BCUT2D eigenvalue weighted by Crippen LogP contribution is 2.19. The maximum atomic E-state index is 11.7. The maximum Gasteiger partial charge on any atom is 0.271 e. The van der Waals surface area contributed by atoms with Gasteiger partial charge in [0.25, 0.3) is 11.6 Å². The number of nitro benzene ring substituents is 1. The van der Waals surface area contributed by atoms with E-state index in [1.54, 1.807) is 12.1 Å². The minimum atomic E-state index is -0.527. The zero-order chi connectivity index (χ0) is 14.5. The number of nitrogens with zero attached hydrogens (tertiary/aromatic N) is 2. The number of non-ortho nitro benzene ring substituents is 1. The molecule has 0 aliphatic rings. The van der Waals surface area contributed by atoms with Crippen molar-refractivity contribution < 1.29 is 9.72 Å². The molecule has 6 nitrogen and oxygen atoms in total. The summed E-state index contributed by atoms with van der Waals surface area (Å²) in [6, 6.07) is 8.76. The van der Waals surface area contributed by atoms with E-state index < -0.39 is 10.8 Å². The zero-order valence-corrected chi connectivity index (χ0v) is 11.5. The first-order valence-corrected chi connectivity index (χ1v) is 6.59. The molecule has 8 heteroatoms. The smallest absolute Gasteiger partial charge is 0.267 e. The third kappa shape index (κ3) is 3.62. The number of hydrogen-bond donors (Lipinski definition) is 1. The average Bonchev–Trinajstić information content (AvgIpc) is 2.84. The number of carbonyl (C=O) groups is 1. The van der Waals surface area contributed by atoms with Crippen molar-refractivity contribution in [3.8, 4) is 0 Å². The molecule has 0 aliphatic heterocycles. The van der Waals surface area contributed by atoms with Crippen molar-refractivity contribution in [2.45, 2.75) is 0 Å². The van der Waals surface area contributed by atoms with Crippen molar-refractivity contribution in [2.75, 3.05) is 0 Å². The molecule has 2 aromatic rings. The molecule has 20 heavy (non-hydrogen) atoms. The number of carbonyl (C=O) groups excluding carboxylic acids is 1. The van der Waals surface area contributed by atoms with E-state index in [0.29, 0.717) is 4.34 Å². The first kappa shape index (κ1) is 14.2. The second kappa shape index (κ2) is 6.27. The van der Waals surface area contributed by atoms with E-state index in [2.05, 4.69) is 10.5 Å². The summed E-state index contributed by atoms with van der Waals surface area (Å²) in [6.07, 6.45) is 1.47. The van der Waals surface area contributed by atoms with Gasteiger partial charge >= 0.3 is 0 Å². The number of benzene rings is 1. The van der Waals surface area contributed by atoms with Crippen LogP contribution in [0.25, 0.3) is 0 Å². The van der Waals surface area contributed by atoms with Crippen LogP contribution in [0.2, 0.25) is 4.34 Å². The summed E-state index contributed by atoms with van der Waals surface area (Å²) in [7, 11) is 0. The lowest BCUT2D eigenvalue weighted by Crippen LogP contribution is -2.17. The first-order valence-electron chi connectivity index (χ1n) is 5.39. The fourth-order valence-corrected chi connectivity index (χ4v) is 2.28. The largest absolute Gasteiger partial charge is 0.271 e. The summed E-state index contributed by atoms with van der Waals surface area (Å²) in [4.78, 5) is 22.5. The van der Waals surface area contributed by atoms with Crippen LogP contribution in [0.4, 0.5) is 5.69 Å². The lowest BCUT2D eigenvalue weighted by molar-refractivity contribution is -0.384. The molecule has 0 saturated heterocycles. The van der Waals surface area contributed by atoms with Crippen LogP contribution in [-0.4, -0.2) is 17.0 Å². The first-order chi connectivity index (χ1) is 9.56. The topological polar surface area (TPSA) is 84.6 Å². The minimum Gasteiger partial charge on any atom is -0.267 e. The van der Waals surface area contributed by atoms with Gasteiger partial charge in [0.1, 0.15) is 0 Å². The van der Waals surface area contributed by atoms with E-state index in [0.717, 1.165) is 4.88 Å². The van der Waals surface area contributed by atoms with Gasteiger partial charge < -0.3 is 0 Å². The molecule has 0 fully saturated rings. The molecule has 2 rings (SSSR count). The van der Waals surface area contributed by atoms with Gasteiger partial charge in [-0.15, -0.1) is 11.3 Å². The van der Waals surface area contributed by atoms with E-state index in [1.807, 2.05) is 0 Å². The van der Waals surface area contributed by atoms with Gasteiger partial charge in [0.2, 0.25) is 0 Å². The quantitative estimate of drug-likeness (QED) is 0.535. The van der Waals surface area contributed by atoms with E-state index in [9.17, 15) is 14.9 Å². The number of hydrazone groups is 1. The Morgan fingerprint density at radius 2 is 2.00 bits per heavy atom. The lowest BCUT2D eigenvalue weighted by Gasteiger charge is -1.98. The van der Waals surface area contributed by atoms with Crippen LogP contribution >= 0.6 is 22.9 Å². The third-order valence-electron chi connectivity index (χ3n) is 2.29. The SMILES string of the molecule is O=C(NN=Cc1ccc(Cl)s1)c1ccc([N+](=O)[O-])cc1. The molecule has 0 atom stereocenters. The molecule has 0 unspecified atom stereocenters. The number of rotatable bonds is 4. The fraction of sp³-hybridized carbons (Fsp3) is 0. The molecule has 1 heterocycles. The van der Waals surface area contributed by atoms with Crippen molar-refractivity contribution in [1.29, 1.82) is 0 Å². The van der Waals surface area contributed by atoms with E-state index >= 15 is 0 Å². The van der Waals surface area contributed by atoms with Gasteiger partial charge in [0, 0.05) is 22.6 Å². The molecule has 0 saturated carbocycles. The predicted molar refractivity (Wildman–Crippen MR) is 77.5 cm³/mol. The molecule has 1 N–H and O–H groups in total. The normalized spacial score (nSPS) is 10.7. The van der Waals surface area contributed by atoms with Crippen LogP contribution < -0.4 is 5.43 Å². The lowest BCUT2D eigenvalue weighted by atomic mass is 10.2. The maximum absolute atomic E-state index is 11.7. The highest BCUT2D eigenvalue weighted by atomic mass is 35.5. The highest BCUT2D eigenvalue weighted by Gasteiger charge is 2.08. The second-order valence-corrected chi connectivity index (χ2v) is 5.39. The van der Waals surface area contributed by atoms with Gasteiger partial charge in [0.15, 0.2) is 0 Å². The Kier molecular flexibility index (Phi) is 4.44. The van der Waals surface area contributed by atoms with Gasteiger partial charge in [-0.2, -0.15) is 5.10 Å². The summed E-state index contributed by atoms with van der Waals surface area (Å²) >= 11 is 7.08. The number of thiophene rings is 1. The molecule has 1 aromatic heterocycles. The number of halogens is 1. The van der Waals surface area contributed by atoms with E-state index in [1.165, 1.54) is 41.8 Å². The second-order valence-electron chi connectivity index (χ2n) is 3.64. The Labute approximate surface area is 122 Å². The van der Waals surface area contributed by atoms with Crippen molar-refractivity contribution >= 4 is 40.7 Å². The Hall–Kier alpha value is -2.25. The highest BCUT2D eigenvalue weighted by molar-refractivity contribution is 7.17. The number of nitrogens with one attached hydrogen (secondary N) is 1. The summed E-state index contributed by atoms with van der Waals surface area (Å²) in [6.45, 7) is 0. The molecule has 0 aliphatic carbocycles. The molecule has 1 aromatic carbocycles. The Balaban J connectivity index is 1.98. The minimum absolute atomic E-state index is 0.0710. The predicted octanol–water partition coefficient (Wildman–Crippen LogP) is 3.07. The molecule has 0 bridgehead atoms. The number of hydrogen-bond acceptors (Lipinski definition) is 5. The summed E-state index contributed by atoms with van der Waals surface area (Å²) < 4.78 is 0.633. The molecular weight excluding hydrogens is 302 g/mol. The Morgan fingerprint density at radius 1 is 1.30 bits per heavy atom. The molecule has 0 radical (unpaired) electrons. The summed E-state index contributed by atoms with van der Waals surface area (Å²) in [5.41, 5.74) is 2.55. The van der Waals surface area contributed by atoms with Crippen LogP contribution in [0.5, 0.6) is 0 Å². The van der Waals surface area contributed by atoms with Gasteiger partial charge in [-0.1, -0.05) is 11.6 Å². The van der Waals surface area contributed by atoms with Crippen LogP contribution in [0.1, 0.15) is 15.2 Å². The van der Waals surface area contributed by atoms with Crippen LogP contribution in [0.15, 0.2) is 41.5 Å². The average molecular weight is 310 g/mol. The zero-order valence-electron chi connectivity index (χ0n) is 9.95. The van der Waals surface area contributed by atoms with Crippen LogP contribution in [0, 0.1) is 10.1 Å². The number of nitro groups is 1. The molecule has 102 valence electrons. The Bertz CT molecular complexity index is 667. The van der Waals surface area contributed by atoms with Crippen molar-refractivity contribution in [3.63, 3.8) is 0 Å². The molecule has 0 spiro atoms. The fourth-order valence-electron chi connectivity index (χ4n) is 1.35. The van der Waals surface area contributed by atoms with Gasteiger partial charge in [-0.05, 0) is 24.3 Å². The molecule has 1 amide bonds. The summed E-state index contributed by atoms with van der Waals surface area (Å²) in [5, 5.41) is 14.3. The summed E-state index contributed by atoms with van der Waals surface area (Å²) in [5.74, 6) is -0.446.